The number of rotatable bonds is 2. The summed E-state index contributed by atoms with van der Waals surface area (Å²) in [6.07, 6.45) is 1.83. The number of hydrogen-bond donors (Lipinski definition) is 1. The maximum atomic E-state index is 6.31. The van der Waals surface area contributed by atoms with Crippen molar-refractivity contribution in [1.82, 2.24) is 14.5 Å². The van der Waals surface area contributed by atoms with Crippen LogP contribution in [0.5, 0.6) is 0 Å². The lowest BCUT2D eigenvalue weighted by atomic mass is 10.1. The highest BCUT2D eigenvalue weighted by Gasteiger charge is 2.16. The molecule has 1 atom stereocenters. The number of nitrogens with one attached hydrogen (secondary N) is 1. The minimum Gasteiger partial charge on any atom is -0.329 e. The van der Waals surface area contributed by atoms with Crippen LogP contribution in [0.1, 0.15) is 24.1 Å². The topological polar surface area (TPSA) is 33.6 Å². The minimum atomic E-state index is -0.0359. The van der Waals surface area contributed by atoms with Crippen LogP contribution in [0.4, 0.5) is 0 Å². The Bertz CT molecular complexity index is 882. The molecule has 0 saturated carbocycles. The van der Waals surface area contributed by atoms with Gasteiger partial charge in [0.25, 0.3) is 0 Å². The van der Waals surface area contributed by atoms with Gasteiger partial charge in [0.05, 0.1) is 11.6 Å². The van der Waals surface area contributed by atoms with E-state index in [-0.39, 0.29) is 6.04 Å². The van der Waals surface area contributed by atoms with Crippen LogP contribution in [0.2, 0.25) is 10.0 Å². The standard InChI is InChI=1S/C15H13Cl2N3S/c1-8-5-13-14(18-7-8)20(15(21)19-13)9(2)11-4-3-10(16)6-12(11)17/h3-7,9H,1-2H3,(H,19,21). The van der Waals surface area contributed by atoms with Crippen LogP contribution < -0.4 is 0 Å². The summed E-state index contributed by atoms with van der Waals surface area (Å²) in [6.45, 7) is 4.04. The molecule has 1 aromatic carbocycles. The maximum Gasteiger partial charge on any atom is 0.179 e. The first-order valence-electron chi connectivity index (χ1n) is 6.49. The first-order chi connectivity index (χ1) is 9.97. The molecule has 1 N–H and O–H groups in total. The van der Waals surface area contributed by atoms with Crippen LogP contribution in [0.3, 0.4) is 0 Å². The summed E-state index contributed by atoms with van der Waals surface area (Å²) in [5.41, 5.74) is 3.80. The van der Waals surface area contributed by atoms with Gasteiger partial charge in [-0.15, -0.1) is 0 Å². The van der Waals surface area contributed by atoms with E-state index < -0.39 is 0 Å². The van der Waals surface area contributed by atoms with E-state index in [1.54, 1.807) is 6.07 Å². The smallest absolute Gasteiger partial charge is 0.179 e. The van der Waals surface area contributed by atoms with Crippen molar-refractivity contribution < 1.29 is 0 Å². The number of aryl methyl sites for hydroxylation is 1. The molecule has 3 aromatic rings. The third kappa shape index (κ3) is 2.59. The normalized spacial score (nSPS) is 12.8. The monoisotopic (exact) mass is 337 g/mol. The van der Waals surface area contributed by atoms with Gasteiger partial charge in [0.15, 0.2) is 10.4 Å². The molecule has 0 amide bonds. The Morgan fingerprint density at radius 3 is 2.76 bits per heavy atom. The SMILES string of the molecule is Cc1cnc2c(c1)[nH]c(=S)n2C(C)c1ccc(Cl)cc1Cl. The first-order valence-corrected chi connectivity index (χ1v) is 7.65. The second kappa shape index (κ2) is 5.44. The number of aromatic nitrogens is 3. The predicted octanol–water partition coefficient (Wildman–Crippen LogP) is 5.32. The number of halogens is 2. The van der Waals surface area contributed by atoms with Crippen molar-refractivity contribution in [2.45, 2.75) is 19.9 Å². The average molecular weight is 338 g/mol. The molecule has 0 spiro atoms. The molecule has 2 aromatic heterocycles. The van der Waals surface area contributed by atoms with E-state index in [2.05, 4.69) is 9.97 Å². The average Bonchev–Trinajstić information content (AvgIpc) is 2.73. The number of imidazole rings is 1. The third-order valence-corrected chi connectivity index (χ3v) is 4.35. The van der Waals surface area contributed by atoms with E-state index in [0.717, 1.165) is 22.3 Å². The minimum absolute atomic E-state index is 0.0359. The molecule has 0 aliphatic heterocycles. The van der Waals surface area contributed by atoms with Crippen molar-refractivity contribution in [3.05, 3.63) is 56.4 Å². The van der Waals surface area contributed by atoms with E-state index >= 15 is 0 Å². The second-order valence-electron chi connectivity index (χ2n) is 5.03. The van der Waals surface area contributed by atoms with E-state index in [1.807, 2.05) is 42.8 Å². The molecule has 21 heavy (non-hydrogen) atoms. The summed E-state index contributed by atoms with van der Waals surface area (Å²) in [7, 11) is 0. The van der Waals surface area contributed by atoms with Crippen LogP contribution in [-0.4, -0.2) is 14.5 Å². The summed E-state index contributed by atoms with van der Waals surface area (Å²) >= 11 is 17.7. The van der Waals surface area contributed by atoms with E-state index in [0.29, 0.717) is 14.8 Å². The Labute approximate surface area is 137 Å². The summed E-state index contributed by atoms with van der Waals surface area (Å²) in [4.78, 5) is 7.69. The quantitative estimate of drug-likeness (QED) is 0.642. The zero-order valence-corrected chi connectivity index (χ0v) is 13.9. The van der Waals surface area contributed by atoms with Crippen molar-refractivity contribution in [1.29, 1.82) is 0 Å². The number of hydrogen-bond acceptors (Lipinski definition) is 2. The van der Waals surface area contributed by atoms with Crippen molar-refractivity contribution in [3.63, 3.8) is 0 Å². The Morgan fingerprint density at radius 1 is 1.29 bits per heavy atom. The first kappa shape index (κ1) is 14.6. The van der Waals surface area contributed by atoms with Crippen molar-refractivity contribution in [3.8, 4) is 0 Å². The fraction of sp³-hybridized carbons (Fsp3) is 0.200. The van der Waals surface area contributed by atoms with Crippen molar-refractivity contribution in [2.75, 3.05) is 0 Å². The van der Waals surface area contributed by atoms with Gasteiger partial charge in [-0.05, 0) is 55.4 Å². The van der Waals surface area contributed by atoms with Gasteiger partial charge in [0.2, 0.25) is 0 Å². The Balaban J connectivity index is 2.19. The predicted molar refractivity (Wildman–Crippen MR) is 89.9 cm³/mol. The lowest BCUT2D eigenvalue weighted by molar-refractivity contribution is 0.644. The Kier molecular flexibility index (Phi) is 3.78. The van der Waals surface area contributed by atoms with Gasteiger partial charge < -0.3 is 4.98 Å². The molecule has 0 radical (unpaired) electrons. The molecule has 0 aliphatic carbocycles. The van der Waals surface area contributed by atoms with Crippen LogP contribution in [-0.2, 0) is 0 Å². The second-order valence-corrected chi connectivity index (χ2v) is 6.26. The highest BCUT2D eigenvalue weighted by molar-refractivity contribution is 7.71. The zero-order chi connectivity index (χ0) is 15.1. The van der Waals surface area contributed by atoms with Crippen LogP contribution in [0, 0.1) is 11.7 Å². The molecule has 0 bridgehead atoms. The molecule has 0 aliphatic rings. The van der Waals surface area contributed by atoms with Gasteiger partial charge in [-0.25, -0.2) is 4.98 Å². The number of nitrogens with zero attached hydrogens (tertiary/aromatic N) is 2. The zero-order valence-electron chi connectivity index (χ0n) is 11.5. The molecular weight excluding hydrogens is 325 g/mol. The summed E-state index contributed by atoms with van der Waals surface area (Å²) in [6, 6.07) is 7.49. The highest BCUT2D eigenvalue weighted by atomic mass is 35.5. The molecule has 3 nitrogen and oxygen atoms in total. The molecular formula is C15H13Cl2N3S. The largest absolute Gasteiger partial charge is 0.329 e. The lowest BCUT2D eigenvalue weighted by Crippen LogP contribution is -2.08. The number of benzene rings is 1. The summed E-state index contributed by atoms with van der Waals surface area (Å²) < 4.78 is 2.60. The lowest BCUT2D eigenvalue weighted by Gasteiger charge is -2.16. The van der Waals surface area contributed by atoms with Crippen molar-refractivity contribution >= 4 is 46.6 Å². The number of fused-ring (bicyclic) bond motifs is 1. The fourth-order valence-electron chi connectivity index (χ4n) is 2.46. The van der Waals surface area contributed by atoms with Gasteiger partial charge >= 0.3 is 0 Å². The number of pyridine rings is 1. The maximum absolute atomic E-state index is 6.31. The van der Waals surface area contributed by atoms with Gasteiger partial charge in [-0.1, -0.05) is 29.3 Å². The van der Waals surface area contributed by atoms with Crippen molar-refractivity contribution in [2.24, 2.45) is 0 Å². The molecule has 3 rings (SSSR count). The van der Waals surface area contributed by atoms with Gasteiger partial charge in [0.1, 0.15) is 0 Å². The number of H-pyrrole nitrogens is 1. The van der Waals surface area contributed by atoms with E-state index in [1.165, 1.54) is 0 Å². The summed E-state index contributed by atoms with van der Waals surface area (Å²) in [5.74, 6) is 0. The van der Waals surface area contributed by atoms with E-state index in [9.17, 15) is 0 Å². The van der Waals surface area contributed by atoms with Gasteiger partial charge in [0, 0.05) is 16.2 Å². The fourth-order valence-corrected chi connectivity index (χ4v) is 3.38. The molecule has 6 heteroatoms. The Hall–Kier alpha value is -1.36. The molecule has 2 heterocycles. The molecule has 0 saturated heterocycles. The van der Waals surface area contributed by atoms with Crippen LogP contribution >= 0.6 is 35.4 Å². The van der Waals surface area contributed by atoms with E-state index in [4.69, 9.17) is 35.4 Å². The summed E-state index contributed by atoms with van der Waals surface area (Å²) in [5, 5.41) is 1.24. The highest BCUT2D eigenvalue weighted by Crippen LogP contribution is 2.30. The van der Waals surface area contributed by atoms with Crippen LogP contribution in [0.15, 0.2) is 30.5 Å². The Morgan fingerprint density at radius 2 is 2.05 bits per heavy atom. The number of aromatic amines is 1. The third-order valence-electron chi connectivity index (χ3n) is 3.49. The molecule has 0 fully saturated rings. The molecule has 1 unspecified atom stereocenters. The van der Waals surface area contributed by atoms with Crippen LogP contribution in [0.25, 0.3) is 11.2 Å². The molecule has 108 valence electrons. The van der Waals surface area contributed by atoms with Gasteiger partial charge in [-0.3, -0.25) is 4.57 Å². The van der Waals surface area contributed by atoms with Gasteiger partial charge in [-0.2, -0.15) is 0 Å².